The molecule has 1 fully saturated rings. The minimum absolute atomic E-state index is 0.121. The van der Waals surface area contributed by atoms with Gasteiger partial charge in [0.05, 0.1) is 19.2 Å². The van der Waals surface area contributed by atoms with Crippen LogP contribution in [0.5, 0.6) is 0 Å². The number of fused-ring (bicyclic) bond motifs is 1. The van der Waals surface area contributed by atoms with Crippen molar-refractivity contribution in [3.8, 4) is 0 Å². The van der Waals surface area contributed by atoms with Crippen LogP contribution in [0.1, 0.15) is 29.5 Å². The van der Waals surface area contributed by atoms with Gasteiger partial charge in [0, 0.05) is 5.39 Å². The lowest BCUT2D eigenvalue weighted by molar-refractivity contribution is -0.138. The molecule has 0 radical (unpaired) electrons. The van der Waals surface area contributed by atoms with Crippen LogP contribution in [-0.4, -0.2) is 46.2 Å². The van der Waals surface area contributed by atoms with Crippen LogP contribution < -0.4 is 5.32 Å². The zero-order valence-electron chi connectivity index (χ0n) is 14.2. The van der Waals surface area contributed by atoms with Gasteiger partial charge in [0.1, 0.15) is 10.8 Å². The van der Waals surface area contributed by atoms with Gasteiger partial charge in [-0.15, -0.1) is 5.10 Å². The molecule has 10 heteroatoms. The lowest BCUT2D eigenvalue weighted by Crippen LogP contribution is -2.26. The second-order valence-electron chi connectivity index (χ2n) is 5.47. The normalized spacial score (nSPS) is 18.3. The molecule has 2 heterocycles. The number of ether oxygens (including phenoxy) is 1. The molecule has 0 aliphatic carbocycles. The molecule has 0 bridgehead atoms. The molecule has 0 spiro atoms. The Labute approximate surface area is 157 Å². The van der Waals surface area contributed by atoms with Gasteiger partial charge >= 0.3 is 11.9 Å². The van der Waals surface area contributed by atoms with Gasteiger partial charge in [0.15, 0.2) is 5.17 Å². The molecule has 1 aliphatic rings. The summed E-state index contributed by atoms with van der Waals surface area (Å²) in [6.45, 7) is 1.97. The number of carbonyl (C=O) groups excluding carboxylic acids is 2. The summed E-state index contributed by atoms with van der Waals surface area (Å²) in [5.41, 5.74) is 1.25. The number of hydrogen-bond donors (Lipinski definition) is 2. The van der Waals surface area contributed by atoms with Crippen LogP contribution in [0, 0.1) is 0 Å². The third kappa shape index (κ3) is 4.53. The van der Waals surface area contributed by atoms with E-state index >= 15 is 0 Å². The molecule has 140 valence electrons. The predicted molar refractivity (Wildman–Crippen MR) is 99.0 cm³/mol. The Morgan fingerprint density at radius 1 is 1.41 bits per heavy atom. The third-order valence-corrected chi connectivity index (χ3v) is 4.58. The van der Waals surface area contributed by atoms with E-state index in [1.807, 2.05) is 0 Å². The Hall–Kier alpha value is -3.14. The molecular weight excluding hydrogens is 374 g/mol. The monoisotopic (exact) mass is 389 g/mol. The summed E-state index contributed by atoms with van der Waals surface area (Å²) in [7, 11) is 0. The number of nitrogens with one attached hydrogen (secondary N) is 1. The molecule has 0 saturated carbocycles. The second-order valence-corrected chi connectivity index (χ2v) is 6.66. The SMILES string of the molecule is CCOC(=O)c1cc2cc(C=NN=C3NC(=O)C(CC(=O)O)S3)ccc2o1. The number of carboxylic acids is 1. The Morgan fingerprint density at radius 3 is 2.96 bits per heavy atom. The van der Waals surface area contributed by atoms with Crippen molar-refractivity contribution < 1.29 is 28.6 Å². The highest BCUT2D eigenvalue weighted by Gasteiger charge is 2.32. The van der Waals surface area contributed by atoms with Crippen molar-refractivity contribution in [2.75, 3.05) is 6.61 Å². The van der Waals surface area contributed by atoms with Crippen molar-refractivity contribution in [2.45, 2.75) is 18.6 Å². The fourth-order valence-corrected chi connectivity index (χ4v) is 3.25. The first-order valence-electron chi connectivity index (χ1n) is 7.97. The van der Waals surface area contributed by atoms with Crippen LogP contribution in [0.4, 0.5) is 0 Å². The number of esters is 1. The number of thioether (sulfide) groups is 1. The zero-order chi connectivity index (χ0) is 19.4. The first-order chi connectivity index (χ1) is 13.0. The number of furan rings is 1. The quantitative estimate of drug-likeness (QED) is 0.439. The molecule has 1 amide bonds. The van der Waals surface area contributed by atoms with Crippen LogP contribution in [0.2, 0.25) is 0 Å². The highest BCUT2D eigenvalue weighted by Crippen LogP contribution is 2.23. The van der Waals surface area contributed by atoms with Crippen molar-refractivity contribution in [1.82, 2.24) is 5.32 Å². The average Bonchev–Trinajstić information content (AvgIpc) is 3.18. The fraction of sp³-hybridized carbons (Fsp3) is 0.235. The van der Waals surface area contributed by atoms with Gasteiger partial charge in [-0.2, -0.15) is 5.10 Å². The number of amides is 1. The Kier molecular flexibility index (Phi) is 5.55. The van der Waals surface area contributed by atoms with E-state index in [2.05, 4.69) is 15.5 Å². The highest BCUT2D eigenvalue weighted by atomic mass is 32.2. The molecule has 1 aromatic heterocycles. The van der Waals surface area contributed by atoms with E-state index in [1.165, 1.54) is 6.21 Å². The first kappa shape index (κ1) is 18.6. The lowest BCUT2D eigenvalue weighted by Gasteiger charge is -1.97. The van der Waals surface area contributed by atoms with Crippen molar-refractivity contribution >= 4 is 52.0 Å². The summed E-state index contributed by atoms with van der Waals surface area (Å²) in [6.07, 6.45) is 1.19. The van der Waals surface area contributed by atoms with Gasteiger partial charge in [-0.05, 0) is 36.8 Å². The maximum Gasteiger partial charge on any atom is 0.374 e. The number of nitrogens with zero attached hydrogens (tertiary/aromatic N) is 2. The fourth-order valence-electron chi connectivity index (χ4n) is 2.34. The highest BCUT2D eigenvalue weighted by molar-refractivity contribution is 8.15. The summed E-state index contributed by atoms with van der Waals surface area (Å²) in [5, 5.41) is 19.3. The first-order valence-corrected chi connectivity index (χ1v) is 8.85. The van der Waals surface area contributed by atoms with Crippen LogP contribution in [0.25, 0.3) is 11.0 Å². The molecule has 1 atom stereocenters. The summed E-state index contributed by atoms with van der Waals surface area (Å²) in [5.74, 6) is -1.86. The van der Waals surface area contributed by atoms with E-state index in [1.54, 1.807) is 31.2 Å². The van der Waals surface area contributed by atoms with Crippen LogP contribution in [0.3, 0.4) is 0 Å². The molecule has 1 aromatic carbocycles. The standard InChI is InChI=1S/C17H15N3O6S/c1-2-25-16(24)12-6-10-5-9(3-4-11(10)26-12)8-18-20-17-19-15(23)13(27-17)7-14(21)22/h3-6,8,13H,2,7H2,1H3,(H,21,22)(H,19,20,23). The Bertz CT molecular complexity index is 965. The van der Waals surface area contributed by atoms with Crippen molar-refractivity contribution in [3.05, 3.63) is 35.6 Å². The largest absolute Gasteiger partial charge is 0.481 e. The number of hydrogen-bond acceptors (Lipinski definition) is 8. The maximum absolute atomic E-state index is 11.7. The molecule has 9 nitrogen and oxygen atoms in total. The van der Waals surface area contributed by atoms with E-state index in [-0.39, 0.29) is 24.0 Å². The average molecular weight is 389 g/mol. The van der Waals surface area contributed by atoms with Gasteiger partial charge < -0.3 is 19.6 Å². The molecule has 1 unspecified atom stereocenters. The Balaban J connectivity index is 1.70. The molecular formula is C17H15N3O6S. The number of benzene rings is 1. The number of carboxylic acid groups (broad SMARTS) is 1. The van der Waals surface area contributed by atoms with E-state index in [4.69, 9.17) is 14.3 Å². The molecule has 27 heavy (non-hydrogen) atoms. The molecule has 2 N–H and O–H groups in total. The van der Waals surface area contributed by atoms with Gasteiger partial charge in [0.2, 0.25) is 11.7 Å². The van der Waals surface area contributed by atoms with Crippen LogP contribution >= 0.6 is 11.8 Å². The predicted octanol–water partition coefficient (Wildman–Crippen LogP) is 2.01. The van der Waals surface area contributed by atoms with Crippen molar-refractivity contribution in [2.24, 2.45) is 10.2 Å². The number of rotatable bonds is 6. The molecule has 1 aliphatic heterocycles. The minimum atomic E-state index is -1.05. The summed E-state index contributed by atoms with van der Waals surface area (Å²) >= 11 is 1.02. The van der Waals surface area contributed by atoms with Crippen molar-refractivity contribution in [3.63, 3.8) is 0 Å². The molecule has 1 saturated heterocycles. The minimum Gasteiger partial charge on any atom is -0.481 e. The van der Waals surface area contributed by atoms with Gasteiger partial charge in [-0.3, -0.25) is 9.59 Å². The van der Waals surface area contributed by atoms with Gasteiger partial charge in [-0.1, -0.05) is 11.8 Å². The number of amidine groups is 1. The molecule has 3 rings (SSSR count). The van der Waals surface area contributed by atoms with Crippen molar-refractivity contribution in [1.29, 1.82) is 0 Å². The van der Waals surface area contributed by atoms with E-state index in [0.29, 0.717) is 16.5 Å². The van der Waals surface area contributed by atoms with Gasteiger partial charge in [-0.25, -0.2) is 4.79 Å². The zero-order valence-corrected chi connectivity index (χ0v) is 15.0. The summed E-state index contributed by atoms with van der Waals surface area (Å²) in [6, 6.07) is 6.78. The Morgan fingerprint density at radius 2 is 2.22 bits per heavy atom. The number of aliphatic carboxylic acids is 1. The lowest BCUT2D eigenvalue weighted by atomic mass is 10.2. The third-order valence-electron chi connectivity index (χ3n) is 3.51. The van der Waals surface area contributed by atoms with E-state index < -0.39 is 23.1 Å². The maximum atomic E-state index is 11.7. The van der Waals surface area contributed by atoms with Crippen LogP contribution in [-0.2, 0) is 14.3 Å². The molecule has 2 aromatic rings. The van der Waals surface area contributed by atoms with E-state index in [9.17, 15) is 14.4 Å². The van der Waals surface area contributed by atoms with E-state index in [0.717, 1.165) is 11.8 Å². The number of carbonyl (C=O) groups is 3. The summed E-state index contributed by atoms with van der Waals surface area (Å²) in [4.78, 5) is 34.0. The topological polar surface area (TPSA) is 131 Å². The summed E-state index contributed by atoms with van der Waals surface area (Å²) < 4.78 is 10.3. The van der Waals surface area contributed by atoms with Crippen LogP contribution in [0.15, 0.2) is 38.9 Å². The van der Waals surface area contributed by atoms with Gasteiger partial charge in [0.25, 0.3) is 0 Å². The second kappa shape index (κ2) is 8.04. The smallest absolute Gasteiger partial charge is 0.374 e.